The molecule has 1 rings (SSSR count). The Kier molecular flexibility index (Phi) is 29.9. The van der Waals surface area contributed by atoms with Gasteiger partial charge < -0.3 is 39.4 Å². The monoisotopic (exact) mass is 743 g/mol. The van der Waals surface area contributed by atoms with Gasteiger partial charge in [0.1, 0.15) is 24.9 Å². The third kappa shape index (κ3) is 24.3. The quantitative estimate of drug-likeness (QED) is 0.0286. The van der Waals surface area contributed by atoms with E-state index in [1.165, 1.54) is 83.5 Å². The number of aliphatic hydroxyl groups excluding tert-OH is 3. The predicted molar refractivity (Wildman–Crippen MR) is 202 cm³/mol. The summed E-state index contributed by atoms with van der Waals surface area (Å²) in [5.41, 5.74) is 0. The zero-order valence-electron chi connectivity index (χ0n) is 32.6. The van der Waals surface area contributed by atoms with Crippen LogP contribution in [0.15, 0.2) is 12.2 Å². The molecule has 4 N–H and O–H groups in total. The number of carboxylic acid groups (broad SMARTS) is 1. The van der Waals surface area contributed by atoms with Crippen LogP contribution in [-0.4, -0.2) is 88.4 Å². The number of allylic oxidation sites excluding steroid dienone is 2. The summed E-state index contributed by atoms with van der Waals surface area (Å²) in [7, 11) is 0. The second-order valence-electron chi connectivity index (χ2n) is 14.5. The number of esters is 2. The van der Waals surface area contributed by atoms with E-state index in [0.29, 0.717) is 12.8 Å². The lowest BCUT2D eigenvalue weighted by atomic mass is 9.99. The summed E-state index contributed by atoms with van der Waals surface area (Å²) in [4.78, 5) is 36.7. The fourth-order valence-corrected chi connectivity index (χ4v) is 6.28. The molecule has 52 heavy (non-hydrogen) atoms. The number of hydrogen-bond donors (Lipinski definition) is 4. The smallest absolute Gasteiger partial charge is 0.335 e. The van der Waals surface area contributed by atoms with Gasteiger partial charge in [-0.05, 0) is 38.5 Å². The molecule has 0 saturated carbocycles. The van der Waals surface area contributed by atoms with E-state index >= 15 is 0 Å². The summed E-state index contributed by atoms with van der Waals surface area (Å²) in [6.07, 6.45) is 22.7. The molecule has 0 amide bonds. The topological polar surface area (TPSA) is 169 Å². The van der Waals surface area contributed by atoms with E-state index < -0.39 is 54.7 Å². The van der Waals surface area contributed by atoms with Gasteiger partial charge in [0.2, 0.25) is 0 Å². The first-order valence-corrected chi connectivity index (χ1v) is 20.7. The lowest BCUT2D eigenvalue weighted by Crippen LogP contribution is -2.60. The number of hydrogen-bond acceptors (Lipinski definition) is 10. The number of aliphatic carboxylic acids is 1. The van der Waals surface area contributed by atoms with Gasteiger partial charge in [-0.1, -0.05) is 142 Å². The van der Waals surface area contributed by atoms with Crippen molar-refractivity contribution in [2.45, 2.75) is 218 Å². The SMILES string of the molecule is CCCCC/C=C\CCCCCCCC(=O)OCC(COC1OC(C(=O)O)C(O)C(O)C1O)OC(=O)CCCCCCCCCCCCCCCC. The minimum Gasteiger partial charge on any atom is -0.479 e. The zero-order valence-corrected chi connectivity index (χ0v) is 32.6. The van der Waals surface area contributed by atoms with Gasteiger partial charge >= 0.3 is 17.9 Å². The van der Waals surface area contributed by atoms with Gasteiger partial charge in [-0.2, -0.15) is 0 Å². The van der Waals surface area contributed by atoms with E-state index in [1.54, 1.807) is 0 Å². The normalized spacial score (nSPS) is 21.0. The minimum absolute atomic E-state index is 0.186. The molecular weight excluding hydrogens is 668 g/mol. The summed E-state index contributed by atoms with van der Waals surface area (Å²) in [6, 6.07) is 0. The van der Waals surface area contributed by atoms with E-state index in [1.807, 2.05) is 0 Å². The minimum atomic E-state index is -1.86. The van der Waals surface area contributed by atoms with Crippen molar-refractivity contribution in [2.75, 3.05) is 13.2 Å². The van der Waals surface area contributed by atoms with E-state index in [-0.39, 0.29) is 26.1 Å². The standard InChI is InChI=1S/C41H74O11/c1-3-5-7-9-11-13-15-17-18-20-22-24-26-28-30-35(43)51-33(32-50-41-38(46)36(44)37(45)39(52-41)40(47)48)31-49-34(42)29-27-25-23-21-19-16-14-12-10-8-6-4-2/h12,14,33,36-39,41,44-46H,3-11,13,15-32H2,1-2H3,(H,47,48)/b14-12-. The third-order valence-electron chi connectivity index (χ3n) is 9.61. The Morgan fingerprint density at radius 1 is 0.577 bits per heavy atom. The maximum atomic E-state index is 12.7. The maximum Gasteiger partial charge on any atom is 0.335 e. The molecule has 1 aliphatic heterocycles. The average Bonchev–Trinajstić information content (AvgIpc) is 3.12. The summed E-state index contributed by atoms with van der Waals surface area (Å²) >= 11 is 0. The van der Waals surface area contributed by atoms with Crippen molar-refractivity contribution < 1.29 is 53.8 Å². The molecule has 0 bridgehead atoms. The van der Waals surface area contributed by atoms with Gasteiger partial charge in [0.15, 0.2) is 18.5 Å². The first-order valence-electron chi connectivity index (χ1n) is 20.7. The van der Waals surface area contributed by atoms with Crippen molar-refractivity contribution >= 4 is 17.9 Å². The number of unbranched alkanes of at least 4 members (excludes halogenated alkanes) is 21. The van der Waals surface area contributed by atoms with E-state index in [9.17, 15) is 34.8 Å². The van der Waals surface area contributed by atoms with Crippen LogP contribution in [0, 0.1) is 0 Å². The van der Waals surface area contributed by atoms with Crippen LogP contribution < -0.4 is 0 Å². The number of ether oxygens (including phenoxy) is 4. The fraction of sp³-hybridized carbons (Fsp3) is 0.878. The number of rotatable bonds is 34. The van der Waals surface area contributed by atoms with Crippen LogP contribution in [0.25, 0.3) is 0 Å². The lowest BCUT2D eigenvalue weighted by Gasteiger charge is -2.38. The second kappa shape index (κ2) is 32.4. The van der Waals surface area contributed by atoms with Gasteiger partial charge in [-0.15, -0.1) is 0 Å². The number of carbonyl (C=O) groups is 3. The van der Waals surface area contributed by atoms with Crippen LogP contribution in [0.2, 0.25) is 0 Å². The Morgan fingerprint density at radius 2 is 1.02 bits per heavy atom. The van der Waals surface area contributed by atoms with Gasteiger partial charge in [-0.3, -0.25) is 9.59 Å². The Labute approximate surface area is 314 Å². The number of aliphatic hydroxyl groups is 3. The highest BCUT2D eigenvalue weighted by Crippen LogP contribution is 2.23. The highest BCUT2D eigenvalue weighted by Gasteiger charge is 2.47. The summed E-state index contributed by atoms with van der Waals surface area (Å²) in [5.74, 6) is -2.45. The molecule has 6 atom stereocenters. The van der Waals surface area contributed by atoms with Crippen LogP contribution in [-0.2, 0) is 33.3 Å². The molecule has 0 aromatic rings. The molecule has 11 nitrogen and oxygen atoms in total. The van der Waals surface area contributed by atoms with E-state index in [4.69, 9.17) is 18.9 Å². The molecule has 1 aliphatic rings. The summed E-state index contributed by atoms with van der Waals surface area (Å²) in [5, 5.41) is 39.7. The molecule has 0 aliphatic carbocycles. The highest BCUT2D eigenvalue weighted by atomic mass is 16.7. The Hall–Kier alpha value is -2.05. The molecule has 0 spiro atoms. The highest BCUT2D eigenvalue weighted by molar-refractivity contribution is 5.73. The number of carbonyl (C=O) groups excluding carboxylic acids is 2. The van der Waals surface area contributed by atoms with Crippen molar-refractivity contribution in [1.29, 1.82) is 0 Å². The summed E-state index contributed by atoms with van der Waals surface area (Å²) < 4.78 is 21.7. The summed E-state index contributed by atoms with van der Waals surface area (Å²) in [6.45, 7) is 3.77. The fourth-order valence-electron chi connectivity index (χ4n) is 6.28. The number of carboxylic acids is 1. The van der Waals surface area contributed by atoms with Gasteiger partial charge in [-0.25, -0.2) is 4.79 Å². The van der Waals surface area contributed by atoms with Gasteiger partial charge in [0, 0.05) is 12.8 Å². The first kappa shape index (κ1) is 48.0. The van der Waals surface area contributed by atoms with Crippen molar-refractivity contribution in [2.24, 2.45) is 0 Å². The van der Waals surface area contributed by atoms with Crippen LogP contribution >= 0.6 is 0 Å². The average molecular weight is 743 g/mol. The molecule has 0 radical (unpaired) electrons. The van der Waals surface area contributed by atoms with E-state index in [0.717, 1.165) is 57.8 Å². The largest absolute Gasteiger partial charge is 0.479 e. The molecule has 0 aromatic carbocycles. The molecule has 1 heterocycles. The molecule has 1 fully saturated rings. The lowest BCUT2D eigenvalue weighted by molar-refractivity contribution is -0.298. The first-order chi connectivity index (χ1) is 25.2. The Morgan fingerprint density at radius 3 is 1.54 bits per heavy atom. The van der Waals surface area contributed by atoms with Crippen molar-refractivity contribution in [1.82, 2.24) is 0 Å². The van der Waals surface area contributed by atoms with Gasteiger partial charge in [0.25, 0.3) is 0 Å². The molecular formula is C41H74O11. The molecule has 6 unspecified atom stereocenters. The van der Waals surface area contributed by atoms with Crippen LogP contribution in [0.1, 0.15) is 181 Å². The van der Waals surface area contributed by atoms with Crippen LogP contribution in [0.3, 0.4) is 0 Å². The van der Waals surface area contributed by atoms with Gasteiger partial charge in [0.05, 0.1) is 6.61 Å². The van der Waals surface area contributed by atoms with E-state index in [2.05, 4.69) is 26.0 Å². The van der Waals surface area contributed by atoms with Crippen LogP contribution in [0.4, 0.5) is 0 Å². The van der Waals surface area contributed by atoms with Crippen molar-refractivity contribution in [3.8, 4) is 0 Å². The van der Waals surface area contributed by atoms with Crippen molar-refractivity contribution in [3.05, 3.63) is 12.2 Å². The van der Waals surface area contributed by atoms with Crippen molar-refractivity contribution in [3.63, 3.8) is 0 Å². The molecule has 0 aromatic heterocycles. The molecule has 11 heteroatoms. The predicted octanol–water partition coefficient (Wildman–Crippen LogP) is 8.09. The zero-order chi connectivity index (χ0) is 38.2. The molecule has 304 valence electrons. The molecule has 1 saturated heterocycles. The van der Waals surface area contributed by atoms with Crippen LogP contribution in [0.5, 0.6) is 0 Å². The maximum absolute atomic E-state index is 12.7. The second-order valence-corrected chi connectivity index (χ2v) is 14.5. The Bertz CT molecular complexity index is 926. The Balaban J connectivity index is 2.41. The third-order valence-corrected chi connectivity index (χ3v) is 9.61.